The van der Waals surface area contributed by atoms with Crippen LogP contribution in [-0.4, -0.2) is 24.5 Å². The Morgan fingerprint density at radius 2 is 2.00 bits per heavy atom. The average Bonchev–Trinajstić information content (AvgIpc) is 3.02. The Bertz CT molecular complexity index is 581. The SMILES string of the molecule is C[C@@H](OC(=O)c1ccsc1)C(=O)NCCc1ccccc1. The fourth-order valence-corrected chi connectivity index (χ4v) is 2.41. The Balaban J connectivity index is 1.74. The second-order valence-corrected chi connectivity index (χ2v) is 5.37. The molecule has 2 rings (SSSR count). The van der Waals surface area contributed by atoms with E-state index >= 15 is 0 Å². The van der Waals surface area contributed by atoms with Gasteiger partial charge in [0, 0.05) is 11.9 Å². The monoisotopic (exact) mass is 303 g/mol. The van der Waals surface area contributed by atoms with E-state index in [0.717, 1.165) is 12.0 Å². The summed E-state index contributed by atoms with van der Waals surface area (Å²) in [5.41, 5.74) is 1.63. The van der Waals surface area contributed by atoms with Gasteiger partial charge >= 0.3 is 5.97 Å². The third kappa shape index (κ3) is 4.72. The summed E-state index contributed by atoms with van der Waals surface area (Å²) in [5, 5.41) is 6.26. The molecule has 0 fully saturated rings. The van der Waals surface area contributed by atoms with Crippen molar-refractivity contribution >= 4 is 23.2 Å². The minimum atomic E-state index is -0.798. The quantitative estimate of drug-likeness (QED) is 0.835. The van der Waals surface area contributed by atoms with Gasteiger partial charge in [-0.3, -0.25) is 4.79 Å². The van der Waals surface area contributed by atoms with Gasteiger partial charge in [0.25, 0.3) is 5.91 Å². The van der Waals surface area contributed by atoms with E-state index < -0.39 is 12.1 Å². The van der Waals surface area contributed by atoms with Crippen molar-refractivity contribution in [2.75, 3.05) is 6.54 Å². The zero-order valence-electron chi connectivity index (χ0n) is 11.7. The molecule has 21 heavy (non-hydrogen) atoms. The maximum Gasteiger partial charge on any atom is 0.339 e. The number of amides is 1. The molecule has 0 aliphatic heterocycles. The molecule has 1 aromatic carbocycles. The molecule has 110 valence electrons. The fraction of sp³-hybridized carbons (Fsp3) is 0.250. The van der Waals surface area contributed by atoms with Crippen LogP contribution in [0.1, 0.15) is 22.8 Å². The number of rotatable bonds is 6. The van der Waals surface area contributed by atoms with Gasteiger partial charge in [0.15, 0.2) is 6.10 Å². The van der Waals surface area contributed by atoms with E-state index in [9.17, 15) is 9.59 Å². The van der Waals surface area contributed by atoms with Crippen molar-refractivity contribution in [1.82, 2.24) is 5.32 Å². The molecule has 0 aliphatic rings. The standard InChI is InChI=1S/C16H17NO3S/c1-12(20-16(19)14-8-10-21-11-14)15(18)17-9-7-13-5-3-2-4-6-13/h2-6,8,10-12H,7,9H2,1H3,(H,17,18)/t12-/m1/s1. The fourth-order valence-electron chi connectivity index (χ4n) is 1.78. The number of esters is 1. The minimum Gasteiger partial charge on any atom is -0.449 e. The molecule has 1 atom stereocenters. The molecule has 4 nitrogen and oxygen atoms in total. The van der Waals surface area contributed by atoms with Gasteiger partial charge in [0.05, 0.1) is 5.56 Å². The van der Waals surface area contributed by atoms with Crippen molar-refractivity contribution in [2.24, 2.45) is 0 Å². The number of ether oxygens (including phenoxy) is 1. The summed E-state index contributed by atoms with van der Waals surface area (Å²) in [5.74, 6) is -0.753. The number of hydrogen-bond acceptors (Lipinski definition) is 4. The molecule has 0 unspecified atom stereocenters. The van der Waals surface area contributed by atoms with Crippen LogP contribution in [0.2, 0.25) is 0 Å². The van der Waals surface area contributed by atoms with Gasteiger partial charge in [0.1, 0.15) is 0 Å². The maximum atomic E-state index is 11.9. The molecule has 1 aromatic heterocycles. The topological polar surface area (TPSA) is 55.4 Å². The first-order chi connectivity index (χ1) is 10.2. The average molecular weight is 303 g/mol. The molecule has 0 aliphatic carbocycles. The first-order valence-electron chi connectivity index (χ1n) is 6.71. The van der Waals surface area contributed by atoms with Crippen molar-refractivity contribution in [3.05, 3.63) is 58.3 Å². The molecule has 0 radical (unpaired) electrons. The molecule has 1 amide bonds. The van der Waals surface area contributed by atoms with E-state index in [1.165, 1.54) is 11.3 Å². The van der Waals surface area contributed by atoms with Crippen LogP contribution in [0.25, 0.3) is 0 Å². The molecular formula is C16H17NO3S. The Morgan fingerprint density at radius 1 is 1.24 bits per heavy atom. The Labute approximate surface area is 127 Å². The van der Waals surface area contributed by atoms with Crippen LogP contribution in [-0.2, 0) is 16.0 Å². The lowest BCUT2D eigenvalue weighted by molar-refractivity contribution is -0.129. The summed E-state index contributed by atoms with van der Waals surface area (Å²) in [6, 6.07) is 11.6. The Hall–Kier alpha value is -2.14. The van der Waals surface area contributed by atoms with Gasteiger partial charge in [-0.15, -0.1) is 0 Å². The maximum absolute atomic E-state index is 11.9. The highest BCUT2D eigenvalue weighted by atomic mass is 32.1. The highest BCUT2D eigenvalue weighted by Crippen LogP contribution is 2.09. The molecule has 0 spiro atoms. The summed E-state index contributed by atoms with van der Waals surface area (Å²) in [4.78, 5) is 23.6. The van der Waals surface area contributed by atoms with Crippen LogP contribution < -0.4 is 5.32 Å². The van der Waals surface area contributed by atoms with Gasteiger partial charge in [-0.2, -0.15) is 11.3 Å². The Kier molecular flexibility index (Phi) is 5.51. The minimum absolute atomic E-state index is 0.283. The third-order valence-corrected chi connectivity index (χ3v) is 3.65. The third-order valence-electron chi connectivity index (χ3n) is 2.97. The van der Waals surface area contributed by atoms with Gasteiger partial charge in [-0.05, 0) is 30.4 Å². The highest BCUT2D eigenvalue weighted by molar-refractivity contribution is 7.08. The summed E-state index contributed by atoms with van der Waals surface area (Å²) in [6.07, 6.45) is -0.0502. The van der Waals surface area contributed by atoms with E-state index in [1.807, 2.05) is 30.3 Å². The summed E-state index contributed by atoms with van der Waals surface area (Å²) >= 11 is 1.41. The van der Waals surface area contributed by atoms with Crippen LogP contribution in [0, 0.1) is 0 Å². The molecule has 0 saturated heterocycles. The Morgan fingerprint density at radius 3 is 2.67 bits per heavy atom. The second-order valence-electron chi connectivity index (χ2n) is 4.59. The highest BCUT2D eigenvalue weighted by Gasteiger charge is 2.18. The number of nitrogens with one attached hydrogen (secondary N) is 1. The van der Waals surface area contributed by atoms with Crippen LogP contribution >= 0.6 is 11.3 Å². The number of benzene rings is 1. The predicted octanol–water partition coefficient (Wildman–Crippen LogP) is 2.65. The first-order valence-corrected chi connectivity index (χ1v) is 7.66. The molecule has 1 heterocycles. The van der Waals surface area contributed by atoms with Crippen LogP contribution in [0.5, 0.6) is 0 Å². The van der Waals surface area contributed by atoms with Crippen molar-refractivity contribution in [2.45, 2.75) is 19.4 Å². The largest absolute Gasteiger partial charge is 0.449 e. The van der Waals surface area contributed by atoms with Crippen LogP contribution in [0.3, 0.4) is 0 Å². The lowest BCUT2D eigenvalue weighted by atomic mass is 10.1. The summed E-state index contributed by atoms with van der Waals surface area (Å²) in [6.45, 7) is 2.09. The summed E-state index contributed by atoms with van der Waals surface area (Å²) < 4.78 is 5.11. The van der Waals surface area contributed by atoms with Crippen LogP contribution in [0.4, 0.5) is 0 Å². The van der Waals surface area contributed by atoms with Gasteiger partial charge in [0.2, 0.25) is 0 Å². The van der Waals surface area contributed by atoms with E-state index in [1.54, 1.807) is 23.8 Å². The van der Waals surface area contributed by atoms with Crippen molar-refractivity contribution in [1.29, 1.82) is 0 Å². The molecular weight excluding hydrogens is 286 g/mol. The summed E-state index contributed by atoms with van der Waals surface area (Å²) in [7, 11) is 0. The number of carbonyl (C=O) groups is 2. The smallest absolute Gasteiger partial charge is 0.339 e. The number of thiophene rings is 1. The van der Waals surface area contributed by atoms with Gasteiger partial charge in [-0.25, -0.2) is 4.79 Å². The van der Waals surface area contributed by atoms with Crippen molar-refractivity contribution in [3.8, 4) is 0 Å². The molecule has 0 bridgehead atoms. The zero-order valence-corrected chi connectivity index (χ0v) is 12.6. The lowest BCUT2D eigenvalue weighted by Crippen LogP contribution is -2.36. The zero-order chi connectivity index (χ0) is 15.1. The van der Waals surface area contributed by atoms with Gasteiger partial charge in [-0.1, -0.05) is 30.3 Å². The lowest BCUT2D eigenvalue weighted by Gasteiger charge is -2.13. The number of carbonyl (C=O) groups excluding carboxylic acids is 2. The van der Waals surface area contributed by atoms with Crippen molar-refractivity contribution < 1.29 is 14.3 Å². The van der Waals surface area contributed by atoms with E-state index in [0.29, 0.717) is 12.1 Å². The molecule has 1 N–H and O–H groups in total. The van der Waals surface area contributed by atoms with Gasteiger partial charge < -0.3 is 10.1 Å². The van der Waals surface area contributed by atoms with Crippen molar-refractivity contribution in [3.63, 3.8) is 0 Å². The number of hydrogen-bond donors (Lipinski definition) is 1. The van der Waals surface area contributed by atoms with E-state index in [-0.39, 0.29) is 5.91 Å². The predicted molar refractivity (Wildman–Crippen MR) is 82.4 cm³/mol. The van der Waals surface area contributed by atoms with E-state index in [4.69, 9.17) is 4.74 Å². The second kappa shape index (κ2) is 7.59. The molecule has 0 saturated carbocycles. The molecule has 2 aromatic rings. The normalized spacial score (nSPS) is 11.7. The van der Waals surface area contributed by atoms with E-state index in [2.05, 4.69) is 5.32 Å². The first kappa shape index (κ1) is 15.3. The molecule has 5 heteroatoms. The van der Waals surface area contributed by atoms with Crippen LogP contribution in [0.15, 0.2) is 47.2 Å².